The summed E-state index contributed by atoms with van der Waals surface area (Å²) in [6, 6.07) is 10.5. The molecule has 9 nitrogen and oxygen atoms in total. The number of nitrogens with zero attached hydrogens (tertiary/aromatic N) is 2. The van der Waals surface area contributed by atoms with Crippen molar-refractivity contribution in [2.75, 3.05) is 13.1 Å². The van der Waals surface area contributed by atoms with E-state index in [0.29, 0.717) is 5.70 Å². The molecule has 2 aliphatic rings. The van der Waals surface area contributed by atoms with Crippen LogP contribution in [0.4, 0.5) is 18.4 Å². The number of benzene rings is 2. The second-order valence-corrected chi connectivity index (χ2v) is 12.4. The Bertz CT molecular complexity index is 1350. The number of halogens is 2. The molecule has 226 valence electrons. The van der Waals surface area contributed by atoms with Crippen LogP contribution in [0.5, 0.6) is 5.75 Å². The molecular weight excluding hydrogens is 548 g/mol. The van der Waals surface area contributed by atoms with E-state index in [0.717, 1.165) is 17.7 Å². The first kappa shape index (κ1) is 30.8. The lowest BCUT2D eigenvalue weighted by Crippen LogP contribution is -2.57. The zero-order chi connectivity index (χ0) is 30.8. The lowest BCUT2D eigenvalue weighted by atomic mass is 9.85. The first-order chi connectivity index (χ1) is 19.6. The number of likely N-dealkylation sites (tertiary alicyclic amines) is 1. The van der Waals surface area contributed by atoms with E-state index in [2.05, 4.69) is 5.32 Å². The minimum absolute atomic E-state index is 0.000912. The van der Waals surface area contributed by atoms with Crippen molar-refractivity contribution in [2.24, 2.45) is 5.41 Å². The van der Waals surface area contributed by atoms with E-state index in [1.165, 1.54) is 15.9 Å². The van der Waals surface area contributed by atoms with Crippen molar-refractivity contribution in [1.82, 2.24) is 15.1 Å². The zero-order valence-corrected chi connectivity index (χ0v) is 24.6. The van der Waals surface area contributed by atoms with E-state index in [1.807, 2.05) is 51.1 Å². The van der Waals surface area contributed by atoms with Gasteiger partial charge in [-0.1, -0.05) is 51.1 Å². The summed E-state index contributed by atoms with van der Waals surface area (Å²) in [5.74, 6) is -2.49. The Hall–Kier alpha value is -4.15. The highest BCUT2D eigenvalue weighted by atomic mass is 19.2. The van der Waals surface area contributed by atoms with Crippen molar-refractivity contribution >= 4 is 18.1 Å². The molecule has 2 aromatic carbocycles. The van der Waals surface area contributed by atoms with E-state index in [9.17, 15) is 23.2 Å². The Kier molecular flexibility index (Phi) is 8.79. The Morgan fingerprint density at radius 2 is 1.69 bits per heavy atom. The molecule has 3 atom stereocenters. The number of nitrogens with one attached hydrogen (secondary N) is 1. The summed E-state index contributed by atoms with van der Waals surface area (Å²) in [5, 5.41) is 2.71. The first-order valence-electron chi connectivity index (χ1n) is 13.7. The number of carbonyl (C=O) groups is 3. The van der Waals surface area contributed by atoms with Crippen LogP contribution >= 0.6 is 0 Å². The Morgan fingerprint density at radius 3 is 2.31 bits per heavy atom. The van der Waals surface area contributed by atoms with E-state index in [1.54, 1.807) is 26.8 Å². The van der Waals surface area contributed by atoms with Crippen LogP contribution in [0.2, 0.25) is 0 Å². The monoisotopic (exact) mass is 585 g/mol. The largest absolute Gasteiger partial charge is 0.486 e. The van der Waals surface area contributed by atoms with E-state index >= 15 is 0 Å². The smallest absolute Gasteiger partial charge is 0.414 e. The maximum Gasteiger partial charge on any atom is 0.414 e. The molecule has 1 saturated heterocycles. The number of amides is 3. The highest BCUT2D eigenvalue weighted by Gasteiger charge is 2.51. The number of carbonyl (C=O) groups excluding carboxylic acids is 3. The van der Waals surface area contributed by atoms with Gasteiger partial charge in [0.25, 0.3) is 0 Å². The summed E-state index contributed by atoms with van der Waals surface area (Å²) in [5.41, 5.74) is -0.206. The van der Waals surface area contributed by atoms with E-state index < -0.39 is 58.9 Å². The number of alkyl carbamates (subject to hydrolysis) is 1. The minimum Gasteiger partial charge on any atom is -0.486 e. The van der Waals surface area contributed by atoms with Gasteiger partial charge in [0.1, 0.15) is 36.1 Å². The van der Waals surface area contributed by atoms with Crippen molar-refractivity contribution in [3.8, 4) is 5.75 Å². The maximum atomic E-state index is 14.1. The molecule has 0 aliphatic carbocycles. The van der Waals surface area contributed by atoms with Crippen molar-refractivity contribution in [2.45, 2.75) is 71.9 Å². The van der Waals surface area contributed by atoms with Crippen LogP contribution in [0, 0.1) is 17.0 Å². The Balaban J connectivity index is 1.57. The second kappa shape index (κ2) is 12.0. The number of fused-ring (bicyclic) bond motifs is 1. The van der Waals surface area contributed by atoms with Gasteiger partial charge in [-0.2, -0.15) is 0 Å². The molecule has 0 radical (unpaired) electrons. The third-order valence-corrected chi connectivity index (χ3v) is 6.83. The van der Waals surface area contributed by atoms with Gasteiger partial charge in [-0.3, -0.25) is 9.69 Å². The fourth-order valence-corrected chi connectivity index (χ4v) is 4.88. The van der Waals surface area contributed by atoms with Crippen molar-refractivity contribution < 1.29 is 37.4 Å². The third-order valence-electron chi connectivity index (χ3n) is 6.83. The van der Waals surface area contributed by atoms with Gasteiger partial charge in [0.05, 0.1) is 6.54 Å². The lowest BCUT2D eigenvalue weighted by molar-refractivity contribution is -0.137. The standard InChI is InChI=1S/C31H37F2N3O6/c1-30(2,3)26(34-28(38)40-18-19-10-8-7-9-11-19)27(37)35-15-14-23-25(35)24(17-36(23)29(39)42-31(4,5)6)41-20-12-13-21(32)22(33)16-20/h7-14,16,24-26H,15,17-18H2,1-6H3,(H,34,38). The molecule has 0 saturated carbocycles. The molecule has 2 aromatic rings. The predicted molar refractivity (Wildman–Crippen MR) is 150 cm³/mol. The van der Waals surface area contributed by atoms with Crippen LogP contribution < -0.4 is 10.1 Å². The quantitative estimate of drug-likeness (QED) is 0.488. The summed E-state index contributed by atoms with van der Waals surface area (Å²) in [6.45, 7) is 10.8. The summed E-state index contributed by atoms with van der Waals surface area (Å²) < 4.78 is 44.6. The SMILES string of the molecule is CC(C)(C)OC(=O)N1CC(Oc2ccc(F)c(F)c2)C2C1=CCN2C(=O)C(NC(=O)OCc1ccccc1)C(C)(C)C. The summed E-state index contributed by atoms with van der Waals surface area (Å²) in [6.07, 6.45) is -0.477. The molecule has 0 aromatic heterocycles. The summed E-state index contributed by atoms with van der Waals surface area (Å²) in [7, 11) is 0. The van der Waals surface area contributed by atoms with Crippen LogP contribution in [0.25, 0.3) is 0 Å². The first-order valence-corrected chi connectivity index (χ1v) is 13.7. The summed E-state index contributed by atoms with van der Waals surface area (Å²) >= 11 is 0. The molecule has 3 amide bonds. The molecular formula is C31H37F2N3O6. The van der Waals surface area contributed by atoms with Crippen LogP contribution in [0.15, 0.2) is 60.3 Å². The topological polar surface area (TPSA) is 97.4 Å². The molecule has 2 heterocycles. The van der Waals surface area contributed by atoms with Gasteiger partial charge in [0, 0.05) is 18.3 Å². The van der Waals surface area contributed by atoms with Crippen LogP contribution in [-0.2, 0) is 20.9 Å². The fraction of sp³-hybridized carbons (Fsp3) is 0.452. The van der Waals surface area contributed by atoms with Gasteiger partial charge < -0.3 is 24.4 Å². The normalized spacial score (nSPS) is 19.1. The number of ether oxygens (including phenoxy) is 3. The molecule has 11 heteroatoms. The predicted octanol–water partition coefficient (Wildman–Crippen LogP) is 5.40. The molecule has 0 spiro atoms. The van der Waals surface area contributed by atoms with Crippen LogP contribution in [0.1, 0.15) is 47.1 Å². The van der Waals surface area contributed by atoms with Crippen LogP contribution in [0.3, 0.4) is 0 Å². The van der Waals surface area contributed by atoms with Gasteiger partial charge in [-0.15, -0.1) is 0 Å². The van der Waals surface area contributed by atoms with Crippen molar-refractivity contribution in [3.05, 3.63) is 77.5 Å². The molecule has 42 heavy (non-hydrogen) atoms. The van der Waals surface area contributed by atoms with E-state index in [-0.39, 0.29) is 25.4 Å². The second-order valence-electron chi connectivity index (χ2n) is 12.4. The van der Waals surface area contributed by atoms with E-state index in [4.69, 9.17) is 14.2 Å². The molecule has 4 rings (SSSR count). The molecule has 0 bridgehead atoms. The average molecular weight is 586 g/mol. The van der Waals surface area contributed by atoms with Gasteiger partial charge in [-0.25, -0.2) is 18.4 Å². The lowest BCUT2D eigenvalue weighted by Gasteiger charge is -2.36. The van der Waals surface area contributed by atoms with Gasteiger partial charge >= 0.3 is 12.2 Å². The number of rotatable bonds is 6. The highest BCUT2D eigenvalue weighted by Crippen LogP contribution is 2.37. The zero-order valence-electron chi connectivity index (χ0n) is 24.6. The van der Waals surface area contributed by atoms with Crippen molar-refractivity contribution in [3.63, 3.8) is 0 Å². The minimum atomic E-state index is -1.09. The molecule has 2 aliphatic heterocycles. The average Bonchev–Trinajstić information content (AvgIpc) is 3.48. The fourth-order valence-electron chi connectivity index (χ4n) is 4.88. The van der Waals surface area contributed by atoms with Gasteiger partial charge in [0.2, 0.25) is 5.91 Å². The van der Waals surface area contributed by atoms with Crippen molar-refractivity contribution in [1.29, 1.82) is 0 Å². The third kappa shape index (κ3) is 7.18. The van der Waals surface area contributed by atoms with Gasteiger partial charge in [0.15, 0.2) is 11.6 Å². The Morgan fingerprint density at radius 1 is 1.00 bits per heavy atom. The number of hydrogen-bond donors (Lipinski definition) is 1. The molecule has 3 unspecified atom stereocenters. The summed E-state index contributed by atoms with van der Waals surface area (Å²) in [4.78, 5) is 42.9. The maximum absolute atomic E-state index is 14.1. The number of hydrogen-bond acceptors (Lipinski definition) is 6. The van der Waals surface area contributed by atoms with Crippen LogP contribution in [-0.4, -0.2) is 64.8 Å². The highest BCUT2D eigenvalue weighted by molar-refractivity contribution is 5.88. The molecule has 1 N–H and O–H groups in total. The Labute approximate surface area is 244 Å². The molecule has 1 fully saturated rings. The van der Waals surface area contributed by atoms with Gasteiger partial charge in [-0.05, 0) is 50.0 Å².